The van der Waals surface area contributed by atoms with Gasteiger partial charge in [0.1, 0.15) is 0 Å². The van der Waals surface area contributed by atoms with E-state index in [2.05, 4.69) is 10.00 Å². The number of hydrogen-bond donors (Lipinski definition) is 0. The Morgan fingerprint density at radius 1 is 1.25 bits per heavy atom. The van der Waals surface area contributed by atoms with Crippen LogP contribution >= 0.6 is 0 Å². The zero-order chi connectivity index (χ0) is 16.3. The molecule has 2 aromatic rings. The fraction of sp³-hybridized carbons (Fsp3) is 0.579. The van der Waals surface area contributed by atoms with E-state index in [0.29, 0.717) is 5.69 Å². The first kappa shape index (κ1) is 14.5. The first-order valence-corrected chi connectivity index (χ1v) is 9.12. The number of aromatic nitrogens is 2. The number of benzene rings is 1. The SMILES string of the molecule is Cn1nc(C(=O)N2CCC3(CCN3CC3CC3)C2)c2ccccc21. The zero-order valence-corrected chi connectivity index (χ0v) is 14.2. The Labute approximate surface area is 142 Å². The summed E-state index contributed by atoms with van der Waals surface area (Å²) >= 11 is 0. The van der Waals surface area contributed by atoms with Crippen molar-refractivity contribution < 1.29 is 4.79 Å². The Morgan fingerprint density at radius 3 is 2.79 bits per heavy atom. The molecule has 1 aliphatic carbocycles. The Kier molecular flexibility index (Phi) is 3.05. The van der Waals surface area contributed by atoms with Crippen LogP contribution in [-0.4, -0.2) is 57.2 Å². The molecule has 2 saturated heterocycles. The lowest BCUT2D eigenvalue weighted by molar-refractivity contribution is -0.00934. The third kappa shape index (κ3) is 2.10. The molecule has 1 aromatic heterocycles. The van der Waals surface area contributed by atoms with Gasteiger partial charge < -0.3 is 4.90 Å². The molecular formula is C19H24N4O. The highest BCUT2D eigenvalue weighted by atomic mass is 16.2. The van der Waals surface area contributed by atoms with Crippen molar-refractivity contribution in [3.8, 4) is 0 Å². The highest BCUT2D eigenvalue weighted by Crippen LogP contribution is 2.42. The van der Waals surface area contributed by atoms with Gasteiger partial charge in [0.2, 0.25) is 0 Å². The molecule has 3 aliphatic rings. The average Bonchev–Trinajstić information content (AvgIpc) is 3.19. The van der Waals surface area contributed by atoms with E-state index in [0.717, 1.165) is 36.3 Å². The van der Waals surface area contributed by atoms with Crippen molar-refractivity contribution in [1.29, 1.82) is 0 Å². The van der Waals surface area contributed by atoms with Gasteiger partial charge in [0, 0.05) is 44.2 Å². The Bertz CT molecular complexity index is 809. The fourth-order valence-corrected chi connectivity index (χ4v) is 4.50. The summed E-state index contributed by atoms with van der Waals surface area (Å²) in [6.07, 6.45) is 5.16. The molecule has 5 heteroatoms. The maximum Gasteiger partial charge on any atom is 0.275 e. The smallest absolute Gasteiger partial charge is 0.275 e. The maximum absolute atomic E-state index is 13.1. The van der Waals surface area contributed by atoms with Gasteiger partial charge in [-0.1, -0.05) is 18.2 Å². The number of amides is 1. The summed E-state index contributed by atoms with van der Waals surface area (Å²) in [6.45, 7) is 4.20. The van der Waals surface area contributed by atoms with Crippen LogP contribution in [0.1, 0.15) is 36.2 Å². The summed E-state index contributed by atoms with van der Waals surface area (Å²) in [7, 11) is 1.91. The molecule has 1 aromatic carbocycles. The van der Waals surface area contributed by atoms with Crippen molar-refractivity contribution in [2.24, 2.45) is 13.0 Å². The van der Waals surface area contributed by atoms with Gasteiger partial charge in [-0.15, -0.1) is 0 Å². The molecule has 5 rings (SSSR count). The van der Waals surface area contributed by atoms with Gasteiger partial charge in [-0.05, 0) is 37.7 Å². The number of rotatable bonds is 3. The predicted octanol–water partition coefficient (Wildman–Crippen LogP) is 2.27. The summed E-state index contributed by atoms with van der Waals surface area (Å²) in [5.41, 5.74) is 1.90. The van der Waals surface area contributed by atoms with Crippen LogP contribution in [0.4, 0.5) is 0 Å². The molecule has 3 heterocycles. The third-order valence-electron chi connectivity index (χ3n) is 6.27. The molecule has 2 aliphatic heterocycles. The van der Waals surface area contributed by atoms with Gasteiger partial charge >= 0.3 is 0 Å². The predicted molar refractivity (Wildman–Crippen MR) is 92.9 cm³/mol. The van der Waals surface area contributed by atoms with Gasteiger partial charge in [0.15, 0.2) is 5.69 Å². The lowest BCUT2D eigenvalue weighted by atomic mass is 9.83. The average molecular weight is 324 g/mol. The minimum Gasteiger partial charge on any atom is -0.335 e. The standard InChI is InChI=1S/C19H24N4O/c1-21-16-5-3-2-4-15(16)17(20-21)18(24)22-10-8-19(13-22)9-11-23(19)12-14-6-7-14/h2-5,14H,6-13H2,1H3. The molecule has 1 spiro atoms. The first-order valence-electron chi connectivity index (χ1n) is 9.12. The molecule has 1 saturated carbocycles. The van der Waals surface area contributed by atoms with Gasteiger partial charge in [-0.2, -0.15) is 5.10 Å². The van der Waals surface area contributed by atoms with Crippen molar-refractivity contribution in [2.75, 3.05) is 26.2 Å². The van der Waals surface area contributed by atoms with E-state index >= 15 is 0 Å². The van der Waals surface area contributed by atoms with E-state index in [-0.39, 0.29) is 11.4 Å². The number of nitrogens with zero attached hydrogens (tertiary/aromatic N) is 4. The van der Waals surface area contributed by atoms with E-state index in [1.165, 1.54) is 32.4 Å². The zero-order valence-electron chi connectivity index (χ0n) is 14.2. The van der Waals surface area contributed by atoms with Crippen LogP contribution in [0.15, 0.2) is 24.3 Å². The highest BCUT2D eigenvalue weighted by molar-refractivity contribution is 6.05. The Balaban J connectivity index is 1.38. The Hall–Kier alpha value is -1.88. The van der Waals surface area contributed by atoms with Gasteiger partial charge in [-0.3, -0.25) is 14.4 Å². The van der Waals surface area contributed by atoms with Crippen LogP contribution in [0, 0.1) is 5.92 Å². The number of para-hydroxylation sites is 1. The summed E-state index contributed by atoms with van der Waals surface area (Å²) in [5, 5.41) is 5.48. The van der Waals surface area contributed by atoms with Gasteiger partial charge in [0.05, 0.1) is 5.52 Å². The third-order valence-corrected chi connectivity index (χ3v) is 6.27. The number of hydrogen-bond acceptors (Lipinski definition) is 3. The lowest BCUT2D eigenvalue weighted by Gasteiger charge is -2.51. The lowest BCUT2D eigenvalue weighted by Crippen LogP contribution is -2.61. The van der Waals surface area contributed by atoms with Crippen molar-refractivity contribution >= 4 is 16.8 Å². The number of carbonyl (C=O) groups excluding carboxylic acids is 1. The van der Waals surface area contributed by atoms with E-state index < -0.39 is 0 Å². The molecule has 126 valence electrons. The molecule has 0 bridgehead atoms. The molecular weight excluding hydrogens is 300 g/mol. The summed E-state index contributed by atoms with van der Waals surface area (Å²) in [6, 6.07) is 8.00. The minimum atomic E-state index is 0.0990. The van der Waals surface area contributed by atoms with E-state index in [4.69, 9.17) is 0 Å². The van der Waals surface area contributed by atoms with Crippen molar-refractivity contribution in [1.82, 2.24) is 19.6 Å². The summed E-state index contributed by atoms with van der Waals surface area (Å²) in [5.74, 6) is 1.02. The summed E-state index contributed by atoms with van der Waals surface area (Å²) in [4.78, 5) is 17.8. The van der Waals surface area contributed by atoms with Gasteiger partial charge in [0.25, 0.3) is 5.91 Å². The van der Waals surface area contributed by atoms with Crippen LogP contribution in [0.3, 0.4) is 0 Å². The van der Waals surface area contributed by atoms with E-state index in [1.807, 2.05) is 40.9 Å². The van der Waals surface area contributed by atoms with Crippen LogP contribution in [0.5, 0.6) is 0 Å². The van der Waals surface area contributed by atoms with Crippen molar-refractivity contribution in [3.63, 3.8) is 0 Å². The molecule has 0 radical (unpaired) electrons. The normalized spacial score (nSPS) is 27.1. The molecule has 24 heavy (non-hydrogen) atoms. The minimum absolute atomic E-state index is 0.0990. The van der Waals surface area contributed by atoms with Crippen LogP contribution in [-0.2, 0) is 7.05 Å². The molecule has 5 nitrogen and oxygen atoms in total. The maximum atomic E-state index is 13.1. The van der Waals surface area contributed by atoms with Crippen LogP contribution < -0.4 is 0 Å². The number of carbonyl (C=O) groups is 1. The van der Waals surface area contributed by atoms with Crippen LogP contribution in [0.25, 0.3) is 10.9 Å². The number of aryl methyl sites for hydroxylation is 1. The largest absolute Gasteiger partial charge is 0.335 e. The molecule has 1 unspecified atom stereocenters. The monoisotopic (exact) mass is 324 g/mol. The molecule has 3 fully saturated rings. The first-order chi connectivity index (χ1) is 11.7. The quantitative estimate of drug-likeness (QED) is 0.870. The van der Waals surface area contributed by atoms with Gasteiger partial charge in [-0.25, -0.2) is 0 Å². The molecule has 1 amide bonds. The molecule has 0 N–H and O–H groups in total. The summed E-state index contributed by atoms with van der Waals surface area (Å²) < 4.78 is 1.82. The van der Waals surface area contributed by atoms with Crippen molar-refractivity contribution in [3.05, 3.63) is 30.0 Å². The molecule has 1 atom stereocenters. The highest BCUT2D eigenvalue weighted by Gasteiger charge is 2.51. The topological polar surface area (TPSA) is 41.4 Å². The second kappa shape index (κ2) is 5.06. The Morgan fingerprint density at radius 2 is 2.04 bits per heavy atom. The number of likely N-dealkylation sites (tertiary alicyclic amines) is 2. The second-order valence-corrected chi connectivity index (χ2v) is 7.83. The number of fused-ring (bicyclic) bond motifs is 1. The fourth-order valence-electron chi connectivity index (χ4n) is 4.50. The second-order valence-electron chi connectivity index (χ2n) is 7.83. The van der Waals surface area contributed by atoms with Crippen LogP contribution in [0.2, 0.25) is 0 Å². The van der Waals surface area contributed by atoms with E-state index in [9.17, 15) is 4.79 Å². The van der Waals surface area contributed by atoms with Crippen molar-refractivity contribution in [2.45, 2.75) is 31.2 Å². The van der Waals surface area contributed by atoms with E-state index in [1.54, 1.807) is 0 Å².